The first-order chi connectivity index (χ1) is 16.9. The molecule has 1 fully saturated rings. The van der Waals surface area contributed by atoms with Crippen molar-refractivity contribution in [1.82, 2.24) is 0 Å². The maximum absolute atomic E-state index is 11.9. The molecule has 1 unspecified atom stereocenters. The second-order valence-electron chi connectivity index (χ2n) is 8.09. The summed E-state index contributed by atoms with van der Waals surface area (Å²) in [5.74, 6) is -2.73. The lowest BCUT2D eigenvalue weighted by Gasteiger charge is -2.43. The van der Waals surface area contributed by atoms with E-state index in [1.807, 2.05) is 0 Å². The Morgan fingerprint density at radius 2 is 1.44 bits per heavy atom. The van der Waals surface area contributed by atoms with Crippen molar-refractivity contribution in [2.75, 3.05) is 6.61 Å². The van der Waals surface area contributed by atoms with Crippen LogP contribution in [0.25, 0.3) is 11.0 Å². The van der Waals surface area contributed by atoms with Gasteiger partial charge in [0.1, 0.15) is 24.0 Å². The quantitative estimate of drug-likeness (QED) is 0.304. The minimum Gasteiger partial charge on any atom is -0.463 e. The van der Waals surface area contributed by atoms with E-state index >= 15 is 0 Å². The van der Waals surface area contributed by atoms with Gasteiger partial charge in [-0.15, -0.1) is 0 Å². The summed E-state index contributed by atoms with van der Waals surface area (Å²) in [5.41, 5.74) is 0.382. The van der Waals surface area contributed by atoms with Crippen LogP contribution < -0.4 is 10.4 Å². The Bertz CT molecular complexity index is 1220. The predicted molar refractivity (Wildman–Crippen MR) is 120 cm³/mol. The number of aryl methyl sites for hydroxylation is 1. The average molecular weight is 506 g/mol. The number of carbonyl (C=O) groups excluding carboxylic acids is 4. The highest BCUT2D eigenvalue weighted by atomic mass is 16.7. The fourth-order valence-corrected chi connectivity index (χ4v) is 3.80. The first kappa shape index (κ1) is 26.7. The number of hydrogen-bond acceptors (Lipinski definition) is 12. The lowest BCUT2D eigenvalue weighted by molar-refractivity contribution is -0.288. The van der Waals surface area contributed by atoms with Crippen LogP contribution in [0.4, 0.5) is 0 Å². The minimum atomic E-state index is -1.40. The van der Waals surface area contributed by atoms with E-state index in [4.69, 9.17) is 32.8 Å². The number of rotatable bonds is 7. The first-order valence-electron chi connectivity index (χ1n) is 11.0. The second-order valence-corrected chi connectivity index (χ2v) is 8.09. The molecule has 2 heterocycles. The Labute approximate surface area is 205 Å². The zero-order chi connectivity index (χ0) is 26.6. The Hall–Kier alpha value is -3.93. The van der Waals surface area contributed by atoms with Gasteiger partial charge in [0.2, 0.25) is 12.4 Å². The molecule has 0 amide bonds. The molecule has 0 bridgehead atoms. The van der Waals surface area contributed by atoms with Crippen LogP contribution in [-0.2, 0) is 42.9 Å². The molecule has 1 aliphatic heterocycles. The minimum absolute atomic E-state index is 0.164. The summed E-state index contributed by atoms with van der Waals surface area (Å²) in [6.07, 6.45) is -6.61. The largest absolute Gasteiger partial charge is 0.463 e. The average Bonchev–Trinajstić information content (AvgIpc) is 2.75. The number of fused-ring (bicyclic) bond motifs is 1. The van der Waals surface area contributed by atoms with Crippen molar-refractivity contribution in [1.29, 1.82) is 0 Å². The monoisotopic (exact) mass is 506 g/mol. The van der Waals surface area contributed by atoms with Gasteiger partial charge < -0.3 is 32.8 Å². The van der Waals surface area contributed by atoms with Crippen LogP contribution in [0.1, 0.15) is 33.3 Å². The molecule has 36 heavy (non-hydrogen) atoms. The lowest BCUT2D eigenvalue weighted by atomic mass is 9.98. The predicted octanol–water partition coefficient (Wildman–Crippen LogP) is 1.56. The van der Waals surface area contributed by atoms with E-state index < -0.39 is 60.2 Å². The van der Waals surface area contributed by atoms with E-state index in [0.717, 1.165) is 20.8 Å². The standard InChI is InChI=1S/C24H26O12/c1-11-8-20(29)35-18-9-16(6-7-17(11)18)34-24-23(33-15(5)28)22(32-14(4)27)21(31-13(3)26)19(36-24)10-30-12(2)25/h6-9,19,21-24H,10H2,1-5H3/t19?,21-,22+,23+,24+/m1/s1. The molecule has 0 aliphatic carbocycles. The summed E-state index contributed by atoms with van der Waals surface area (Å²) < 4.78 is 38.2. The van der Waals surface area contributed by atoms with Crippen LogP contribution in [0.15, 0.2) is 33.5 Å². The molecule has 1 aliphatic rings. The third-order valence-corrected chi connectivity index (χ3v) is 5.12. The summed E-state index contributed by atoms with van der Waals surface area (Å²) in [4.78, 5) is 58.9. The molecular weight excluding hydrogens is 480 g/mol. The maximum atomic E-state index is 11.9. The van der Waals surface area contributed by atoms with Gasteiger partial charge in [0.25, 0.3) is 0 Å². The molecule has 1 aromatic carbocycles. The highest BCUT2D eigenvalue weighted by Crippen LogP contribution is 2.32. The van der Waals surface area contributed by atoms with Gasteiger partial charge in [0.15, 0.2) is 12.2 Å². The highest BCUT2D eigenvalue weighted by molar-refractivity contribution is 5.81. The van der Waals surface area contributed by atoms with Gasteiger partial charge in [-0.05, 0) is 24.6 Å². The van der Waals surface area contributed by atoms with Crippen molar-refractivity contribution in [2.45, 2.75) is 65.3 Å². The van der Waals surface area contributed by atoms with Gasteiger partial charge in [0, 0.05) is 45.2 Å². The molecule has 12 nitrogen and oxygen atoms in total. The van der Waals surface area contributed by atoms with Gasteiger partial charge in [-0.3, -0.25) is 19.2 Å². The summed E-state index contributed by atoms with van der Waals surface area (Å²) in [6, 6.07) is 6.03. The topological polar surface area (TPSA) is 154 Å². The van der Waals surface area contributed by atoms with Crippen molar-refractivity contribution in [2.24, 2.45) is 0 Å². The first-order valence-corrected chi connectivity index (χ1v) is 11.0. The number of ether oxygens (including phenoxy) is 6. The van der Waals surface area contributed by atoms with Gasteiger partial charge >= 0.3 is 29.5 Å². The smallest absolute Gasteiger partial charge is 0.336 e. The Morgan fingerprint density at radius 3 is 2.06 bits per heavy atom. The molecule has 12 heteroatoms. The van der Waals surface area contributed by atoms with Gasteiger partial charge in [-0.25, -0.2) is 4.79 Å². The second kappa shape index (κ2) is 11.2. The fraction of sp³-hybridized carbons (Fsp3) is 0.458. The molecule has 0 spiro atoms. The Balaban J connectivity index is 2.02. The molecular formula is C24H26O12. The Kier molecular flexibility index (Phi) is 8.30. The van der Waals surface area contributed by atoms with Gasteiger partial charge in [-0.1, -0.05) is 0 Å². The molecule has 3 rings (SSSR count). The number of esters is 4. The van der Waals surface area contributed by atoms with E-state index in [1.54, 1.807) is 19.1 Å². The highest BCUT2D eigenvalue weighted by Gasteiger charge is 2.53. The SMILES string of the molecule is CC(=O)OCC1O[C@H](Oc2ccc3c(C)cc(=O)oc3c2)[C@@H](OC(C)=O)[C@@H](OC(C)=O)[C@@H]1OC(C)=O. The molecule has 1 aromatic heterocycles. The summed E-state index contributed by atoms with van der Waals surface area (Å²) >= 11 is 0. The van der Waals surface area contributed by atoms with Crippen LogP contribution in [0.2, 0.25) is 0 Å². The van der Waals surface area contributed by atoms with Crippen LogP contribution in [-0.4, -0.2) is 61.2 Å². The third-order valence-electron chi connectivity index (χ3n) is 5.12. The zero-order valence-corrected chi connectivity index (χ0v) is 20.3. The molecule has 1 saturated heterocycles. The zero-order valence-electron chi connectivity index (χ0n) is 20.3. The molecule has 0 N–H and O–H groups in total. The van der Waals surface area contributed by atoms with E-state index in [1.165, 1.54) is 19.1 Å². The maximum Gasteiger partial charge on any atom is 0.336 e. The molecule has 0 saturated carbocycles. The number of benzene rings is 1. The van der Waals surface area contributed by atoms with Crippen LogP contribution in [0.5, 0.6) is 5.75 Å². The summed E-state index contributed by atoms with van der Waals surface area (Å²) in [5, 5.41) is 0.670. The molecule has 2 aromatic rings. The summed E-state index contributed by atoms with van der Waals surface area (Å²) in [6.45, 7) is 5.91. The van der Waals surface area contributed by atoms with Crippen molar-refractivity contribution in [3.63, 3.8) is 0 Å². The number of carbonyl (C=O) groups is 4. The lowest BCUT2D eigenvalue weighted by Crippen LogP contribution is -2.63. The van der Waals surface area contributed by atoms with Crippen LogP contribution in [0, 0.1) is 6.92 Å². The van der Waals surface area contributed by atoms with E-state index in [-0.39, 0.29) is 17.9 Å². The van der Waals surface area contributed by atoms with E-state index in [0.29, 0.717) is 10.9 Å². The van der Waals surface area contributed by atoms with Crippen LogP contribution >= 0.6 is 0 Å². The number of hydrogen-bond donors (Lipinski definition) is 0. The molecule has 5 atom stereocenters. The van der Waals surface area contributed by atoms with Gasteiger partial charge in [-0.2, -0.15) is 0 Å². The normalized spacial score (nSPS) is 23.4. The molecule has 194 valence electrons. The van der Waals surface area contributed by atoms with Crippen LogP contribution in [0.3, 0.4) is 0 Å². The fourth-order valence-electron chi connectivity index (χ4n) is 3.80. The van der Waals surface area contributed by atoms with Crippen molar-refractivity contribution in [3.8, 4) is 5.75 Å². The van der Waals surface area contributed by atoms with Crippen molar-refractivity contribution >= 4 is 34.8 Å². The molecule has 0 radical (unpaired) electrons. The van der Waals surface area contributed by atoms with E-state index in [9.17, 15) is 24.0 Å². The summed E-state index contributed by atoms with van der Waals surface area (Å²) in [7, 11) is 0. The van der Waals surface area contributed by atoms with Gasteiger partial charge in [0.05, 0.1) is 0 Å². The van der Waals surface area contributed by atoms with Crippen molar-refractivity contribution < 1.29 is 52.0 Å². The third kappa shape index (κ3) is 6.60. The van der Waals surface area contributed by atoms with E-state index in [2.05, 4.69) is 0 Å². The Morgan fingerprint density at radius 1 is 0.833 bits per heavy atom. The van der Waals surface area contributed by atoms with Crippen molar-refractivity contribution in [3.05, 3.63) is 40.2 Å².